The molecule has 1 aromatic rings. The van der Waals surface area contributed by atoms with Crippen LogP contribution in [-0.2, 0) is 15.0 Å². The van der Waals surface area contributed by atoms with E-state index in [0.717, 1.165) is 18.5 Å². The molecule has 3 rings (SSSR count). The maximum Gasteiger partial charge on any atom is 0.281 e. The lowest BCUT2D eigenvalue weighted by atomic mass is 9.79. The average Bonchev–Trinajstić information content (AvgIpc) is 2.62. The van der Waals surface area contributed by atoms with Crippen molar-refractivity contribution in [3.8, 4) is 0 Å². The fourth-order valence-corrected chi connectivity index (χ4v) is 5.43. The minimum absolute atomic E-state index is 0.0185. The van der Waals surface area contributed by atoms with Crippen molar-refractivity contribution in [1.29, 1.82) is 0 Å². The summed E-state index contributed by atoms with van der Waals surface area (Å²) in [6.45, 7) is 3.00. The normalized spacial score (nSPS) is 25.3. The highest BCUT2D eigenvalue weighted by atomic mass is 32.2. The van der Waals surface area contributed by atoms with Gasteiger partial charge in [-0.05, 0) is 24.8 Å². The molecule has 150 valence electrons. The van der Waals surface area contributed by atoms with E-state index in [0.29, 0.717) is 26.1 Å². The number of nitrogens with one attached hydrogen (secondary N) is 1. The van der Waals surface area contributed by atoms with Gasteiger partial charge in [0.1, 0.15) is 0 Å². The van der Waals surface area contributed by atoms with Crippen LogP contribution in [0, 0.1) is 5.92 Å². The lowest BCUT2D eigenvalue weighted by Crippen LogP contribution is -2.54. The lowest BCUT2D eigenvalue weighted by Gasteiger charge is -2.46. The van der Waals surface area contributed by atoms with Crippen LogP contribution in [-0.4, -0.2) is 61.2 Å². The molecule has 1 fully saturated rings. The summed E-state index contributed by atoms with van der Waals surface area (Å²) in [5.41, 5.74) is 0.757. The van der Waals surface area contributed by atoms with E-state index >= 15 is 0 Å². The smallest absolute Gasteiger partial charge is 0.281 e. The van der Waals surface area contributed by atoms with E-state index < -0.39 is 10.2 Å². The zero-order chi connectivity index (χ0) is 19.8. The molecular weight excluding hydrogens is 368 g/mol. The lowest BCUT2D eigenvalue weighted by molar-refractivity contribution is -0.121. The Morgan fingerprint density at radius 2 is 2.04 bits per heavy atom. The molecule has 9 heteroatoms. The largest absolute Gasteiger partial charge is 0.354 e. The van der Waals surface area contributed by atoms with Crippen LogP contribution in [0.25, 0.3) is 0 Å². The van der Waals surface area contributed by atoms with Gasteiger partial charge in [-0.2, -0.15) is 17.0 Å². The first-order valence-electron chi connectivity index (χ1n) is 9.41. The molecule has 2 aliphatic heterocycles. The molecule has 2 bridgehead atoms. The van der Waals surface area contributed by atoms with Crippen LogP contribution in [0.1, 0.15) is 43.8 Å². The highest BCUT2D eigenvalue weighted by Gasteiger charge is 2.44. The Morgan fingerprint density at radius 1 is 1.30 bits per heavy atom. The molecule has 0 saturated carbocycles. The first kappa shape index (κ1) is 20.0. The predicted molar refractivity (Wildman–Crippen MR) is 103 cm³/mol. The topological polar surface area (TPSA) is 91.7 Å². The summed E-state index contributed by atoms with van der Waals surface area (Å²) in [5, 5.41) is 2.92. The van der Waals surface area contributed by atoms with Gasteiger partial charge in [0, 0.05) is 57.8 Å². The summed E-state index contributed by atoms with van der Waals surface area (Å²) in [6, 6.07) is 4.90. The second-order valence-electron chi connectivity index (χ2n) is 7.58. The third-order valence-corrected chi connectivity index (χ3v) is 7.41. The van der Waals surface area contributed by atoms with Gasteiger partial charge in [0.25, 0.3) is 15.8 Å². The van der Waals surface area contributed by atoms with Gasteiger partial charge >= 0.3 is 0 Å². The van der Waals surface area contributed by atoms with Crippen molar-refractivity contribution >= 4 is 16.1 Å². The molecule has 1 aromatic heterocycles. The van der Waals surface area contributed by atoms with Crippen LogP contribution >= 0.6 is 0 Å². The number of hydrogen-bond acceptors (Lipinski definition) is 4. The van der Waals surface area contributed by atoms with E-state index in [9.17, 15) is 18.0 Å². The second-order valence-corrected chi connectivity index (χ2v) is 9.72. The molecule has 8 nitrogen and oxygen atoms in total. The van der Waals surface area contributed by atoms with Gasteiger partial charge in [-0.15, -0.1) is 0 Å². The van der Waals surface area contributed by atoms with Crippen molar-refractivity contribution in [2.24, 2.45) is 5.92 Å². The zero-order valence-corrected chi connectivity index (χ0v) is 16.9. The first-order valence-corrected chi connectivity index (χ1v) is 10.8. The number of rotatable bonds is 6. The van der Waals surface area contributed by atoms with E-state index in [4.69, 9.17) is 0 Å². The molecule has 2 aliphatic rings. The van der Waals surface area contributed by atoms with Gasteiger partial charge < -0.3 is 9.88 Å². The number of pyridine rings is 1. The molecule has 1 amide bonds. The Bertz CT molecular complexity index is 864. The van der Waals surface area contributed by atoms with Crippen molar-refractivity contribution in [2.75, 3.05) is 33.7 Å². The van der Waals surface area contributed by atoms with E-state index in [1.807, 2.05) is 13.0 Å². The van der Waals surface area contributed by atoms with Crippen LogP contribution in [0.4, 0.5) is 0 Å². The molecule has 0 aliphatic carbocycles. The SMILES string of the molecule is CCCC(=O)NC[C@H]1[C@H]2C[C@H](CN(S(=O)(=O)N(C)C)C2)c2cccc(=O)n21. The molecule has 3 heterocycles. The van der Waals surface area contributed by atoms with Gasteiger partial charge in [-0.25, -0.2) is 0 Å². The molecule has 1 saturated heterocycles. The summed E-state index contributed by atoms with van der Waals surface area (Å²) in [7, 11) is -0.469. The molecule has 3 atom stereocenters. The van der Waals surface area contributed by atoms with Crippen molar-refractivity contribution in [1.82, 2.24) is 18.5 Å². The number of hydrogen-bond donors (Lipinski definition) is 1. The van der Waals surface area contributed by atoms with Crippen LogP contribution in [0.5, 0.6) is 0 Å². The number of nitrogens with zero attached hydrogens (tertiary/aromatic N) is 3. The Balaban J connectivity index is 1.95. The fourth-order valence-electron chi connectivity index (χ4n) is 4.22. The molecule has 0 unspecified atom stereocenters. The number of carbonyl (C=O) groups excluding carboxylic acids is 1. The van der Waals surface area contributed by atoms with E-state index in [1.54, 1.807) is 10.6 Å². The number of carbonyl (C=O) groups is 1. The van der Waals surface area contributed by atoms with Gasteiger partial charge in [-0.3, -0.25) is 9.59 Å². The Kier molecular flexibility index (Phi) is 5.73. The Labute approximate surface area is 160 Å². The Hall–Kier alpha value is -1.71. The predicted octanol–water partition coefficient (Wildman–Crippen LogP) is 0.531. The van der Waals surface area contributed by atoms with Crippen LogP contribution in [0.15, 0.2) is 23.0 Å². The standard InChI is InChI=1S/C18H28N4O4S/c1-4-6-17(23)19-10-16-14-9-13(15-7-5-8-18(24)22(15)16)11-21(12-14)27(25,26)20(2)3/h5,7-8,13-14,16H,4,6,9-12H2,1-3H3,(H,19,23)/t13-,14+,16+/m1/s1. The third kappa shape index (κ3) is 3.81. The second kappa shape index (κ2) is 7.73. The van der Waals surface area contributed by atoms with Crippen LogP contribution < -0.4 is 10.9 Å². The van der Waals surface area contributed by atoms with Gasteiger partial charge in [0.15, 0.2) is 0 Å². The number of amides is 1. The molecule has 0 spiro atoms. The summed E-state index contributed by atoms with van der Waals surface area (Å²) < 4.78 is 29.8. The van der Waals surface area contributed by atoms with Crippen LogP contribution in [0.3, 0.4) is 0 Å². The molecule has 1 N–H and O–H groups in total. The maximum absolute atomic E-state index is 12.7. The minimum atomic E-state index is -3.53. The average molecular weight is 397 g/mol. The van der Waals surface area contributed by atoms with Crippen molar-refractivity contribution in [3.05, 3.63) is 34.2 Å². The maximum atomic E-state index is 12.7. The van der Waals surface area contributed by atoms with E-state index in [1.165, 1.54) is 28.8 Å². The monoisotopic (exact) mass is 396 g/mol. The van der Waals surface area contributed by atoms with Crippen molar-refractivity contribution < 1.29 is 13.2 Å². The van der Waals surface area contributed by atoms with Crippen LogP contribution in [0.2, 0.25) is 0 Å². The summed E-state index contributed by atoms with van der Waals surface area (Å²) in [5.74, 6) is -0.0818. The van der Waals surface area contributed by atoms with Gasteiger partial charge in [0.2, 0.25) is 5.91 Å². The molecule has 0 radical (unpaired) electrons. The number of aromatic nitrogens is 1. The highest BCUT2D eigenvalue weighted by Crippen LogP contribution is 2.41. The number of fused-ring (bicyclic) bond motifs is 4. The quantitative estimate of drug-likeness (QED) is 0.759. The zero-order valence-electron chi connectivity index (χ0n) is 16.1. The fraction of sp³-hybridized carbons (Fsp3) is 0.667. The van der Waals surface area contributed by atoms with Crippen molar-refractivity contribution in [2.45, 2.75) is 38.1 Å². The number of piperidine rings is 1. The molecule has 0 aromatic carbocycles. The third-order valence-electron chi connectivity index (χ3n) is 5.54. The highest BCUT2D eigenvalue weighted by molar-refractivity contribution is 7.86. The summed E-state index contributed by atoms with van der Waals surface area (Å²) in [6.07, 6.45) is 2.02. The Morgan fingerprint density at radius 3 is 2.70 bits per heavy atom. The minimum Gasteiger partial charge on any atom is -0.354 e. The van der Waals surface area contributed by atoms with Gasteiger partial charge in [0.05, 0.1) is 6.04 Å². The first-order chi connectivity index (χ1) is 12.8. The summed E-state index contributed by atoms with van der Waals surface area (Å²) in [4.78, 5) is 24.5. The molecular formula is C18H28N4O4S. The molecule has 27 heavy (non-hydrogen) atoms. The van der Waals surface area contributed by atoms with Crippen molar-refractivity contribution in [3.63, 3.8) is 0 Å². The summed E-state index contributed by atoms with van der Waals surface area (Å²) >= 11 is 0. The van der Waals surface area contributed by atoms with Gasteiger partial charge in [-0.1, -0.05) is 13.0 Å². The van der Waals surface area contributed by atoms with E-state index in [-0.39, 0.29) is 29.3 Å². The van der Waals surface area contributed by atoms with E-state index in [2.05, 4.69) is 5.32 Å².